The molecule has 1 unspecified atom stereocenters. The Hall–Kier alpha value is -1.91. The third kappa shape index (κ3) is 5.43. The Morgan fingerprint density at radius 2 is 1.94 bits per heavy atom. The van der Waals surface area contributed by atoms with Crippen molar-refractivity contribution in [2.24, 2.45) is 0 Å². The van der Waals surface area contributed by atoms with Crippen LogP contribution in [0.5, 0.6) is 0 Å². The van der Waals surface area contributed by atoms with E-state index < -0.39 is 5.97 Å². The van der Waals surface area contributed by atoms with Gasteiger partial charge in [0.15, 0.2) is 0 Å². The van der Waals surface area contributed by atoms with E-state index in [0.717, 1.165) is 5.56 Å². The molecule has 0 aliphatic heterocycles. The van der Waals surface area contributed by atoms with Crippen LogP contribution in [-0.4, -0.2) is 23.0 Å². The van der Waals surface area contributed by atoms with Gasteiger partial charge in [-0.2, -0.15) is 0 Å². The van der Waals surface area contributed by atoms with Crippen LogP contribution in [-0.2, 0) is 16.0 Å². The summed E-state index contributed by atoms with van der Waals surface area (Å²) < 4.78 is 12.7. The minimum absolute atomic E-state index is 0.00780. The van der Waals surface area contributed by atoms with Crippen LogP contribution in [0.25, 0.3) is 0 Å². The fourth-order valence-electron chi connectivity index (χ4n) is 1.72. The van der Waals surface area contributed by atoms with E-state index in [-0.39, 0.29) is 24.2 Å². The quantitative estimate of drug-likeness (QED) is 0.811. The molecule has 0 aliphatic rings. The minimum atomic E-state index is -0.899. The number of benzene rings is 1. The first-order valence-electron chi connectivity index (χ1n) is 5.70. The third-order valence-corrected chi connectivity index (χ3v) is 2.51. The van der Waals surface area contributed by atoms with E-state index in [1.54, 1.807) is 12.1 Å². The summed E-state index contributed by atoms with van der Waals surface area (Å²) in [6.45, 7) is 1.39. The lowest BCUT2D eigenvalue weighted by molar-refractivity contribution is -0.137. The second kappa shape index (κ2) is 6.74. The van der Waals surface area contributed by atoms with E-state index in [2.05, 4.69) is 5.32 Å². The zero-order valence-electron chi connectivity index (χ0n) is 10.1. The van der Waals surface area contributed by atoms with Crippen molar-refractivity contribution in [2.75, 3.05) is 0 Å². The normalized spacial score (nSPS) is 11.9. The molecule has 0 aliphatic carbocycles. The summed E-state index contributed by atoms with van der Waals surface area (Å²) in [6.07, 6.45) is 0.839. The summed E-state index contributed by atoms with van der Waals surface area (Å²) >= 11 is 0. The topological polar surface area (TPSA) is 66.4 Å². The molecular formula is C13H16FNO3. The average molecular weight is 253 g/mol. The maximum atomic E-state index is 12.7. The van der Waals surface area contributed by atoms with Gasteiger partial charge in [-0.15, -0.1) is 0 Å². The molecule has 1 atom stereocenters. The van der Waals surface area contributed by atoms with Gasteiger partial charge in [0.1, 0.15) is 5.82 Å². The average Bonchev–Trinajstić information content (AvgIpc) is 2.28. The number of aliphatic carboxylic acids is 1. The van der Waals surface area contributed by atoms with Crippen molar-refractivity contribution in [3.05, 3.63) is 35.6 Å². The number of carbonyl (C=O) groups excluding carboxylic acids is 1. The number of amides is 1. The van der Waals surface area contributed by atoms with Crippen molar-refractivity contribution in [1.29, 1.82) is 0 Å². The SMILES string of the molecule is CC(=O)NC(CCC(=O)O)Cc1ccc(F)cc1. The highest BCUT2D eigenvalue weighted by Gasteiger charge is 2.12. The fraction of sp³-hybridized carbons (Fsp3) is 0.385. The lowest BCUT2D eigenvalue weighted by Gasteiger charge is -2.17. The van der Waals surface area contributed by atoms with Gasteiger partial charge < -0.3 is 10.4 Å². The maximum Gasteiger partial charge on any atom is 0.303 e. The highest BCUT2D eigenvalue weighted by atomic mass is 19.1. The van der Waals surface area contributed by atoms with E-state index >= 15 is 0 Å². The van der Waals surface area contributed by atoms with Gasteiger partial charge >= 0.3 is 5.97 Å². The Morgan fingerprint density at radius 3 is 2.44 bits per heavy atom. The number of carbonyl (C=O) groups is 2. The van der Waals surface area contributed by atoms with Gasteiger partial charge in [-0.05, 0) is 30.5 Å². The number of halogens is 1. The van der Waals surface area contributed by atoms with Crippen LogP contribution in [0.1, 0.15) is 25.3 Å². The summed E-state index contributed by atoms with van der Waals surface area (Å²) in [5.41, 5.74) is 0.862. The minimum Gasteiger partial charge on any atom is -0.481 e. The number of carboxylic acids is 1. The Morgan fingerprint density at radius 1 is 1.33 bits per heavy atom. The second-order valence-electron chi connectivity index (χ2n) is 4.16. The van der Waals surface area contributed by atoms with Crippen molar-refractivity contribution in [3.8, 4) is 0 Å². The Kier molecular flexibility index (Phi) is 5.30. The summed E-state index contributed by atoms with van der Waals surface area (Å²) in [4.78, 5) is 21.5. The Bertz CT molecular complexity index is 417. The highest BCUT2D eigenvalue weighted by molar-refractivity contribution is 5.73. The molecule has 0 spiro atoms. The molecule has 1 aromatic rings. The molecule has 0 fully saturated rings. The summed E-state index contributed by atoms with van der Waals surface area (Å²) in [5.74, 6) is -1.42. The molecule has 0 radical (unpaired) electrons. The van der Waals surface area contributed by atoms with E-state index in [1.807, 2.05) is 0 Å². The molecule has 4 nitrogen and oxygen atoms in total. The molecule has 18 heavy (non-hydrogen) atoms. The molecular weight excluding hydrogens is 237 g/mol. The molecule has 5 heteroatoms. The van der Waals surface area contributed by atoms with Gasteiger partial charge in [-0.1, -0.05) is 12.1 Å². The summed E-state index contributed by atoms with van der Waals surface area (Å²) in [7, 11) is 0. The number of nitrogens with one attached hydrogen (secondary N) is 1. The van der Waals surface area contributed by atoms with Gasteiger partial charge in [0.05, 0.1) is 0 Å². The zero-order chi connectivity index (χ0) is 13.5. The maximum absolute atomic E-state index is 12.7. The lowest BCUT2D eigenvalue weighted by Crippen LogP contribution is -2.35. The van der Waals surface area contributed by atoms with Gasteiger partial charge in [-0.3, -0.25) is 9.59 Å². The number of hydrogen-bond acceptors (Lipinski definition) is 2. The van der Waals surface area contributed by atoms with Gasteiger partial charge in [0, 0.05) is 19.4 Å². The van der Waals surface area contributed by atoms with Crippen LogP contribution in [0.3, 0.4) is 0 Å². The first kappa shape index (κ1) is 14.2. The predicted molar refractivity (Wildman–Crippen MR) is 64.6 cm³/mol. The van der Waals surface area contributed by atoms with Gasteiger partial charge in [-0.25, -0.2) is 4.39 Å². The molecule has 1 amide bonds. The molecule has 1 aromatic carbocycles. The smallest absolute Gasteiger partial charge is 0.303 e. The van der Waals surface area contributed by atoms with E-state index in [4.69, 9.17) is 5.11 Å². The largest absolute Gasteiger partial charge is 0.481 e. The van der Waals surface area contributed by atoms with E-state index in [1.165, 1.54) is 19.1 Å². The number of carboxylic acid groups (broad SMARTS) is 1. The van der Waals surface area contributed by atoms with Crippen LogP contribution in [0.15, 0.2) is 24.3 Å². The van der Waals surface area contributed by atoms with Crippen molar-refractivity contribution in [2.45, 2.75) is 32.2 Å². The number of rotatable bonds is 6. The van der Waals surface area contributed by atoms with Crippen LogP contribution >= 0.6 is 0 Å². The van der Waals surface area contributed by atoms with Crippen molar-refractivity contribution < 1.29 is 19.1 Å². The van der Waals surface area contributed by atoms with Crippen LogP contribution in [0, 0.1) is 5.82 Å². The molecule has 0 heterocycles. The van der Waals surface area contributed by atoms with Gasteiger partial charge in [0.25, 0.3) is 0 Å². The second-order valence-corrected chi connectivity index (χ2v) is 4.16. The molecule has 0 saturated heterocycles. The first-order chi connectivity index (χ1) is 8.47. The predicted octanol–water partition coefficient (Wildman–Crippen LogP) is 1.74. The Labute approximate surface area is 105 Å². The van der Waals surface area contributed by atoms with Crippen LogP contribution in [0.2, 0.25) is 0 Å². The van der Waals surface area contributed by atoms with Crippen molar-refractivity contribution in [1.82, 2.24) is 5.32 Å². The lowest BCUT2D eigenvalue weighted by atomic mass is 10.0. The first-order valence-corrected chi connectivity index (χ1v) is 5.70. The van der Waals surface area contributed by atoms with E-state index in [0.29, 0.717) is 12.8 Å². The van der Waals surface area contributed by atoms with Crippen molar-refractivity contribution >= 4 is 11.9 Å². The third-order valence-electron chi connectivity index (χ3n) is 2.51. The van der Waals surface area contributed by atoms with Crippen LogP contribution in [0.4, 0.5) is 4.39 Å². The molecule has 0 aromatic heterocycles. The summed E-state index contributed by atoms with van der Waals surface area (Å²) in [5, 5.41) is 11.3. The molecule has 1 rings (SSSR count). The molecule has 2 N–H and O–H groups in total. The highest BCUT2D eigenvalue weighted by Crippen LogP contribution is 2.09. The Balaban J connectivity index is 2.61. The van der Waals surface area contributed by atoms with Crippen molar-refractivity contribution in [3.63, 3.8) is 0 Å². The summed E-state index contributed by atoms with van der Waals surface area (Å²) in [6, 6.07) is 5.70. The zero-order valence-corrected chi connectivity index (χ0v) is 10.1. The van der Waals surface area contributed by atoms with Crippen LogP contribution < -0.4 is 5.32 Å². The fourth-order valence-corrected chi connectivity index (χ4v) is 1.72. The van der Waals surface area contributed by atoms with E-state index in [9.17, 15) is 14.0 Å². The monoisotopic (exact) mass is 253 g/mol. The number of hydrogen-bond donors (Lipinski definition) is 2. The standard InChI is InChI=1S/C13H16FNO3/c1-9(16)15-12(6-7-13(17)18)8-10-2-4-11(14)5-3-10/h2-5,12H,6-8H2,1H3,(H,15,16)(H,17,18). The molecule has 98 valence electrons. The van der Waals surface area contributed by atoms with Gasteiger partial charge in [0.2, 0.25) is 5.91 Å². The molecule has 0 saturated carbocycles. The molecule has 0 bridgehead atoms.